The van der Waals surface area contributed by atoms with E-state index in [2.05, 4.69) is 36.2 Å². The fourth-order valence-corrected chi connectivity index (χ4v) is 5.46. The van der Waals surface area contributed by atoms with Crippen molar-refractivity contribution >= 4 is 34.3 Å². The smallest absolute Gasteiger partial charge is 0.211 e. The van der Waals surface area contributed by atoms with Gasteiger partial charge in [-0.2, -0.15) is 0 Å². The molecule has 2 aliphatic heterocycles. The quantitative estimate of drug-likeness (QED) is 0.383. The molecule has 2 heterocycles. The van der Waals surface area contributed by atoms with Gasteiger partial charge in [0.15, 0.2) is 11.5 Å². The summed E-state index contributed by atoms with van der Waals surface area (Å²) in [7, 11) is 1.59. The van der Waals surface area contributed by atoms with Gasteiger partial charge in [-0.3, -0.25) is 9.59 Å². The zero-order chi connectivity index (χ0) is 25.4. The maximum absolute atomic E-state index is 14.0. The van der Waals surface area contributed by atoms with E-state index in [1.54, 1.807) is 14.0 Å². The Hall–Kier alpha value is -3.99. The fourth-order valence-electron chi connectivity index (χ4n) is 5.46. The number of hydrogen-bond donors (Lipinski definition) is 0. The molecule has 2 atom stereocenters. The number of nitrogens with zero attached hydrogens (tertiary/aromatic N) is 1. The van der Waals surface area contributed by atoms with Gasteiger partial charge in [-0.15, -0.1) is 0 Å². The summed E-state index contributed by atoms with van der Waals surface area (Å²) in [6.07, 6.45) is 3.74. The molecule has 2 unspecified atom stereocenters. The van der Waals surface area contributed by atoms with Crippen molar-refractivity contribution in [2.45, 2.75) is 39.5 Å². The highest BCUT2D eigenvalue weighted by Crippen LogP contribution is 2.47. The molecule has 3 aromatic carbocycles. The second-order valence-corrected chi connectivity index (χ2v) is 9.29. The van der Waals surface area contributed by atoms with E-state index in [0.29, 0.717) is 22.9 Å². The maximum Gasteiger partial charge on any atom is 0.211 e. The average molecular weight is 480 g/mol. The number of ketones is 2. The number of para-hydroxylation sites is 1. The van der Waals surface area contributed by atoms with E-state index in [1.807, 2.05) is 42.5 Å². The standard InChI is InChI=1S/C31H29NO4/c1-5-10-20-15-16-21-11-6-7-12-22(21)24(20)17-26-30(34)29-28(23-13-8-9-14-25(23)35-4)27(19(3)33)18(2)32-31(29)36-26/h6-9,11-17,28-29H,5,10H2,1-4H3/b26-17-. The van der Waals surface area contributed by atoms with E-state index in [9.17, 15) is 9.59 Å². The van der Waals surface area contributed by atoms with Gasteiger partial charge >= 0.3 is 0 Å². The van der Waals surface area contributed by atoms with Crippen LogP contribution in [0.15, 0.2) is 82.7 Å². The van der Waals surface area contributed by atoms with Crippen LogP contribution >= 0.6 is 0 Å². The number of rotatable bonds is 6. The third-order valence-electron chi connectivity index (χ3n) is 7.03. The lowest BCUT2D eigenvalue weighted by atomic mass is 9.75. The Kier molecular flexibility index (Phi) is 6.31. The summed E-state index contributed by atoms with van der Waals surface area (Å²) < 4.78 is 11.8. The van der Waals surface area contributed by atoms with Gasteiger partial charge in [0.25, 0.3) is 0 Å². The molecule has 0 bridgehead atoms. The lowest BCUT2D eigenvalue weighted by molar-refractivity contribution is -0.118. The highest BCUT2D eigenvalue weighted by atomic mass is 16.5. The van der Waals surface area contributed by atoms with Crippen molar-refractivity contribution in [3.63, 3.8) is 0 Å². The van der Waals surface area contributed by atoms with E-state index >= 15 is 0 Å². The lowest BCUT2D eigenvalue weighted by Gasteiger charge is -2.28. The van der Waals surface area contributed by atoms with Gasteiger partial charge in [-0.1, -0.05) is 67.9 Å². The van der Waals surface area contributed by atoms with E-state index in [1.165, 1.54) is 6.92 Å². The van der Waals surface area contributed by atoms with Crippen molar-refractivity contribution in [1.82, 2.24) is 0 Å². The van der Waals surface area contributed by atoms with Crippen LogP contribution in [-0.2, 0) is 20.7 Å². The minimum Gasteiger partial charge on any atom is -0.496 e. The first-order chi connectivity index (χ1) is 17.4. The summed E-state index contributed by atoms with van der Waals surface area (Å²) >= 11 is 0. The number of aryl methyl sites for hydroxylation is 1. The Morgan fingerprint density at radius 3 is 2.56 bits per heavy atom. The largest absolute Gasteiger partial charge is 0.496 e. The molecular formula is C31H29NO4. The molecule has 5 rings (SSSR count). The second-order valence-electron chi connectivity index (χ2n) is 9.29. The maximum atomic E-state index is 14.0. The number of methoxy groups -OCH3 is 1. The zero-order valence-corrected chi connectivity index (χ0v) is 21.0. The molecule has 0 spiro atoms. The number of fused-ring (bicyclic) bond motifs is 2. The molecule has 1 saturated heterocycles. The summed E-state index contributed by atoms with van der Waals surface area (Å²) in [6.45, 7) is 5.45. The first-order valence-corrected chi connectivity index (χ1v) is 12.3. The van der Waals surface area contributed by atoms with Crippen molar-refractivity contribution in [1.29, 1.82) is 0 Å². The summed E-state index contributed by atoms with van der Waals surface area (Å²) in [5, 5.41) is 2.18. The van der Waals surface area contributed by atoms with E-state index < -0.39 is 11.8 Å². The normalized spacial score (nSPS) is 20.4. The monoisotopic (exact) mass is 479 g/mol. The Labute approximate surface area is 211 Å². The molecule has 5 heteroatoms. The van der Waals surface area contributed by atoms with Crippen molar-refractivity contribution < 1.29 is 19.1 Å². The van der Waals surface area contributed by atoms with Crippen LogP contribution in [0.2, 0.25) is 0 Å². The van der Waals surface area contributed by atoms with Crippen molar-refractivity contribution in [3.05, 3.63) is 94.4 Å². The minimum absolute atomic E-state index is 0.115. The van der Waals surface area contributed by atoms with Gasteiger partial charge in [-0.25, -0.2) is 4.99 Å². The van der Waals surface area contributed by atoms with Crippen molar-refractivity contribution in [2.24, 2.45) is 10.9 Å². The molecular weight excluding hydrogens is 450 g/mol. The molecule has 3 aromatic rings. The fraction of sp³-hybridized carbons (Fsp3) is 0.258. The Bertz CT molecular complexity index is 1480. The van der Waals surface area contributed by atoms with E-state index in [4.69, 9.17) is 9.47 Å². The number of aliphatic imine (C=N–C) groups is 1. The highest BCUT2D eigenvalue weighted by Gasteiger charge is 2.49. The molecule has 0 aromatic heterocycles. The van der Waals surface area contributed by atoms with Crippen LogP contribution in [0.4, 0.5) is 0 Å². The van der Waals surface area contributed by atoms with Crippen LogP contribution in [0.25, 0.3) is 16.8 Å². The predicted octanol–water partition coefficient (Wildman–Crippen LogP) is 6.42. The molecule has 2 aliphatic rings. The molecule has 5 nitrogen and oxygen atoms in total. The van der Waals surface area contributed by atoms with Crippen LogP contribution in [0.5, 0.6) is 5.75 Å². The van der Waals surface area contributed by atoms with Crippen molar-refractivity contribution in [3.8, 4) is 5.75 Å². The SMILES string of the molecule is CCCc1ccc2ccccc2c1/C=C1\OC2=NC(C)=C(C(C)=O)C(c3ccccc3OC)C2C1=O. The van der Waals surface area contributed by atoms with Crippen LogP contribution in [0.3, 0.4) is 0 Å². The number of carbonyl (C=O) groups is 2. The molecule has 0 aliphatic carbocycles. The van der Waals surface area contributed by atoms with E-state index in [0.717, 1.165) is 40.3 Å². The summed E-state index contributed by atoms with van der Waals surface area (Å²) in [4.78, 5) is 31.3. The number of hydrogen-bond acceptors (Lipinski definition) is 5. The predicted molar refractivity (Wildman–Crippen MR) is 142 cm³/mol. The number of ether oxygens (including phenoxy) is 2. The van der Waals surface area contributed by atoms with Gasteiger partial charge in [-0.05, 0) is 54.3 Å². The Morgan fingerprint density at radius 2 is 1.81 bits per heavy atom. The van der Waals surface area contributed by atoms with Gasteiger partial charge < -0.3 is 9.47 Å². The second kappa shape index (κ2) is 9.57. The van der Waals surface area contributed by atoms with Crippen molar-refractivity contribution in [2.75, 3.05) is 7.11 Å². The van der Waals surface area contributed by atoms with Gasteiger partial charge in [0.05, 0.1) is 7.11 Å². The van der Waals surface area contributed by atoms with Gasteiger partial charge in [0, 0.05) is 22.8 Å². The third-order valence-corrected chi connectivity index (χ3v) is 7.03. The summed E-state index contributed by atoms with van der Waals surface area (Å²) in [5.41, 5.74) is 4.01. The molecule has 0 amide bonds. The topological polar surface area (TPSA) is 65.0 Å². The lowest BCUT2D eigenvalue weighted by Crippen LogP contribution is -2.31. The number of Topliss-reactive ketones (excluding diaryl/α,β-unsaturated/α-hetero) is 2. The molecule has 1 fully saturated rings. The van der Waals surface area contributed by atoms with Gasteiger partial charge in [0.1, 0.15) is 11.7 Å². The van der Waals surface area contributed by atoms with Crippen LogP contribution in [0, 0.1) is 5.92 Å². The van der Waals surface area contributed by atoms with Crippen LogP contribution in [-0.4, -0.2) is 24.6 Å². The molecule has 0 saturated carbocycles. The highest BCUT2D eigenvalue weighted by molar-refractivity contribution is 6.20. The molecule has 0 radical (unpaired) electrons. The molecule has 36 heavy (non-hydrogen) atoms. The first-order valence-electron chi connectivity index (χ1n) is 12.3. The Morgan fingerprint density at radius 1 is 1.06 bits per heavy atom. The first kappa shape index (κ1) is 23.7. The average Bonchev–Trinajstić information content (AvgIpc) is 3.18. The van der Waals surface area contributed by atoms with Gasteiger partial charge in [0.2, 0.25) is 11.7 Å². The third kappa shape index (κ3) is 3.95. The zero-order valence-electron chi connectivity index (χ0n) is 21.0. The Balaban J connectivity index is 1.67. The summed E-state index contributed by atoms with van der Waals surface area (Å²) in [5.74, 6) is -0.333. The van der Waals surface area contributed by atoms with E-state index in [-0.39, 0.29) is 17.3 Å². The van der Waals surface area contributed by atoms with Crippen LogP contribution < -0.4 is 4.74 Å². The van der Waals surface area contributed by atoms with Crippen LogP contribution in [0.1, 0.15) is 49.8 Å². The minimum atomic E-state index is -0.722. The number of carbonyl (C=O) groups excluding carboxylic acids is 2. The molecule has 0 N–H and O–H groups in total. The molecule has 182 valence electrons. The number of benzene rings is 3. The number of allylic oxidation sites excluding steroid dienone is 3. The summed E-state index contributed by atoms with van der Waals surface area (Å²) in [6, 6.07) is 19.9.